The van der Waals surface area contributed by atoms with Crippen LogP contribution in [0.3, 0.4) is 0 Å². The third-order valence-corrected chi connectivity index (χ3v) is 2.62. The maximum absolute atomic E-state index is 10.8. The fourth-order valence-electron chi connectivity index (χ4n) is 1.48. The fourth-order valence-corrected chi connectivity index (χ4v) is 1.48. The summed E-state index contributed by atoms with van der Waals surface area (Å²) in [6.45, 7) is 13.7. The van der Waals surface area contributed by atoms with E-state index >= 15 is 0 Å². The van der Waals surface area contributed by atoms with Crippen LogP contribution in [0.4, 0.5) is 0 Å². The SMILES string of the molecule is C=CC/C(C(=O)O)=C(\CC=C)C(=O)O.C=CCOC(=O)/C=C\C(=O)OCC=C. The molecule has 0 aromatic heterocycles. The zero-order valence-electron chi connectivity index (χ0n) is 15.5. The number of ether oxygens (including phenoxy) is 2. The van der Waals surface area contributed by atoms with Gasteiger partial charge in [0, 0.05) is 12.2 Å². The summed E-state index contributed by atoms with van der Waals surface area (Å²) < 4.78 is 9.15. The fraction of sp³-hybridized carbons (Fsp3) is 0.200. The van der Waals surface area contributed by atoms with Crippen molar-refractivity contribution in [2.45, 2.75) is 12.8 Å². The topological polar surface area (TPSA) is 127 Å². The van der Waals surface area contributed by atoms with E-state index in [4.69, 9.17) is 10.2 Å². The smallest absolute Gasteiger partial charge is 0.332 e. The summed E-state index contributed by atoms with van der Waals surface area (Å²) in [6.07, 6.45) is 7.63. The van der Waals surface area contributed by atoms with Gasteiger partial charge in [-0.3, -0.25) is 0 Å². The summed E-state index contributed by atoms with van der Waals surface area (Å²) in [4.78, 5) is 43.0. The van der Waals surface area contributed by atoms with E-state index in [9.17, 15) is 19.2 Å². The van der Waals surface area contributed by atoms with Crippen LogP contribution < -0.4 is 0 Å². The number of aliphatic carboxylic acids is 2. The van der Waals surface area contributed by atoms with E-state index in [0.717, 1.165) is 12.2 Å². The van der Waals surface area contributed by atoms with E-state index in [1.54, 1.807) is 0 Å². The molecule has 0 saturated heterocycles. The Bertz CT molecular complexity index is 612. The Labute approximate surface area is 163 Å². The highest BCUT2D eigenvalue weighted by Gasteiger charge is 2.17. The van der Waals surface area contributed by atoms with Crippen LogP contribution in [-0.4, -0.2) is 47.3 Å². The van der Waals surface area contributed by atoms with Crippen LogP contribution in [0.15, 0.2) is 73.9 Å². The van der Waals surface area contributed by atoms with Crippen LogP contribution in [0.5, 0.6) is 0 Å². The van der Waals surface area contributed by atoms with Gasteiger partial charge in [-0.2, -0.15) is 0 Å². The molecule has 0 amide bonds. The second-order valence-corrected chi connectivity index (χ2v) is 4.72. The average molecular weight is 392 g/mol. The van der Waals surface area contributed by atoms with Gasteiger partial charge in [-0.25, -0.2) is 19.2 Å². The number of esters is 2. The molecule has 0 atom stereocenters. The van der Waals surface area contributed by atoms with Crippen LogP contribution in [-0.2, 0) is 28.7 Å². The standard InChI is InChI=1S/2C10H12O4/c1-3-7-13-9(11)5-6-10(12)14-8-4-2;1-3-5-7(9(11)12)8(6-4-2)10(13)14/h3-6H,1-2,7-8H2;3-4H,1-2,5-6H2,(H,11,12)(H,13,14)/b6-5-;8-7-. The summed E-state index contributed by atoms with van der Waals surface area (Å²) in [6, 6.07) is 0. The molecule has 8 nitrogen and oxygen atoms in total. The van der Waals surface area contributed by atoms with Crippen LogP contribution in [0.1, 0.15) is 12.8 Å². The summed E-state index contributed by atoms with van der Waals surface area (Å²) in [5.41, 5.74) is -0.292. The predicted octanol–water partition coefficient (Wildman–Crippen LogP) is 2.61. The molecule has 0 rings (SSSR count). The molecule has 28 heavy (non-hydrogen) atoms. The number of allylic oxidation sites excluding steroid dienone is 2. The van der Waals surface area contributed by atoms with Gasteiger partial charge in [0.2, 0.25) is 0 Å². The monoisotopic (exact) mass is 392 g/mol. The zero-order valence-corrected chi connectivity index (χ0v) is 15.5. The average Bonchev–Trinajstić information content (AvgIpc) is 2.65. The molecule has 2 N–H and O–H groups in total. The zero-order chi connectivity index (χ0) is 21.9. The van der Waals surface area contributed by atoms with Gasteiger partial charge in [0.1, 0.15) is 13.2 Å². The molecule has 0 aromatic carbocycles. The van der Waals surface area contributed by atoms with Crippen molar-refractivity contribution in [3.63, 3.8) is 0 Å². The van der Waals surface area contributed by atoms with E-state index < -0.39 is 23.9 Å². The van der Waals surface area contributed by atoms with Crippen molar-refractivity contribution in [2.75, 3.05) is 13.2 Å². The quantitative estimate of drug-likeness (QED) is 0.295. The minimum Gasteiger partial charge on any atom is -0.478 e. The molecule has 0 radical (unpaired) electrons. The first kappa shape index (κ1) is 26.5. The molecule has 8 heteroatoms. The lowest BCUT2D eigenvalue weighted by Gasteiger charge is -2.04. The largest absolute Gasteiger partial charge is 0.478 e. The molecule has 0 aliphatic rings. The van der Waals surface area contributed by atoms with Crippen molar-refractivity contribution in [3.8, 4) is 0 Å². The highest BCUT2D eigenvalue weighted by Crippen LogP contribution is 2.14. The molecule has 0 spiro atoms. The number of hydrogen-bond donors (Lipinski definition) is 2. The van der Waals surface area contributed by atoms with Gasteiger partial charge in [-0.05, 0) is 12.8 Å². The van der Waals surface area contributed by atoms with Crippen molar-refractivity contribution in [1.29, 1.82) is 0 Å². The first-order chi connectivity index (χ1) is 13.2. The normalized spacial score (nSPS) is 10.4. The second kappa shape index (κ2) is 16.8. The second-order valence-electron chi connectivity index (χ2n) is 4.72. The molecule has 0 saturated carbocycles. The number of carbonyl (C=O) groups excluding carboxylic acids is 2. The number of rotatable bonds is 12. The Morgan fingerprint density at radius 2 is 0.964 bits per heavy atom. The summed E-state index contributed by atoms with van der Waals surface area (Å²) in [7, 11) is 0. The minimum absolute atomic E-state index is 0.0325. The summed E-state index contributed by atoms with van der Waals surface area (Å²) in [5, 5.41) is 17.5. The molecule has 0 heterocycles. The van der Waals surface area contributed by atoms with E-state index in [-0.39, 0.29) is 37.2 Å². The first-order valence-corrected chi connectivity index (χ1v) is 7.88. The Morgan fingerprint density at radius 3 is 1.18 bits per heavy atom. The van der Waals surface area contributed by atoms with E-state index in [0.29, 0.717) is 0 Å². The number of hydrogen-bond acceptors (Lipinski definition) is 6. The summed E-state index contributed by atoms with van der Waals surface area (Å²) >= 11 is 0. The van der Waals surface area contributed by atoms with Crippen LogP contribution in [0.25, 0.3) is 0 Å². The molecule has 0 aromatic rings. The summed E-state index contributed by atoms with van der Waals surface area (Å²) in [5.74, 6) is -3.69. The van der Waals surface area contributed by atoms with Crippen molar-refractivity contribution in [1.82, 2.24) is 0 Å². The molecule has 0 bridgehead atoms. The molecular weight excluding hydrogens is 368 g/mol. The van der Waals surface area contributed by atoms with E-state index in [1.807, 2.05) is 0 Å². The van der Waals surface area contributed by atoms with Gasteiger partial charge in [0.25, 0.3) is 0 Å². The van der Waals surface area contributed by atoms with Crippen molar-refractivity contribution in [2.24, 2.45) is 0 Å². The molecule has 0 aliphatic heterocycles. The maximum Gasteiger partial charge on any atom is 0.332 e. The highest BCUT2D eigenvalue weighted by molar-refractivity contribution is 5.99. The van der Waals surface area contributed by atoms with Gasteiger partial charge < -0.3 is 19.7 Å². The van der Waals surface area contributed by atoms with Crippen LogP contribution in [0.2, 0.25) is 0 Å². The third kappa shape index (κ3) is 13.6. The number of carboxylic acid groups (broad SMARTS) is 2. The number of carboxylic acids is 2. The Morgan fingerprint density at radius 1 is 0.643 bits per heavy atom. The molecule has 0 unspecified atom stereocenters. The Kier molecular flexibility index (Phi) is 15.9. The lowest BCUT2D eigenvalue weighted by atomic mass is 10.0. The van der Waals surface area contributed by atoms with Gasteiger partial charge >= 0.3 is 23.9 Å². The minimum atomic E-state index is -1.23. The van der Waals surface area contributed by atoms with Crippen molar-refractivity contribution >= 4 is 23.9 Å². The first-order valence-electron chi connectivity index (χ1n) is 7.88. The molecular formula is C20H24O8. The van der Waals surface area contributed by atoms with Crippen molar-refractivity contribution < 1.29 is 38.9 Å². The highest BCUT2D eigenvalue weighted by atomic mass is 16.5. The van der Waals surface area contributed by atoms with E-state index in [2.05, 4.69) is 35.8 Å². The van der Waals surface area contributed by atoms with Gasteiger partial charge in [-0.1, -0.05) is 37.5 Å². The third-order valence-electron chi connectivity index (χ3n) is 2.62. The van der Waals surface area contributed by atoms with Crippen molar-refractivity contribution in [3.05, 3.63) is 73.9 Å². The number of carbonyl (C=O) groups is 4. The van der Waals surface area contributed by atoms with Gasteiger partial charge in [0.15, 0.2) is 0 Å². The lowest BCUT2D eigenvalue weighted by molar-refractivity contribution is -0.139. The Hall–Kier alpha value is -3.68. The lowest BCUT2D eigenvalue weighted by Crippen LogP contribution is -2.10. The van der Waals surface area contributed by atoms with Crippen LogP contribution in [0, 0.1) is 0 Å². The van der Waals surface area contributed by atoms with Gasteiger partial charge in [-0.15, -0.1) is 13.2 Å². The van der Waals surface area contributed by atoms with E-state index in [1.165, 1.54) is 24.3 Å². The molecule has 0 fully saturated rings. The molecule has 152 valence electrons. The predicted molar refractivity (Wildman–Crippen MR) is 103 cm³/mol. The Balaban J connectivity index is 0. The maximum atomic E-state index is 10.8. The van der Waals surface area contributed by atoms with Gasteiger partial charge in [0.05, 0.1) is 11.1 Å². The molecule has 0 aliphatic carbocycles. The van der Waals surface area contributed by atoms with Crippen LogP contribution >= 0.6 is 0 Å².